The number of rotatable bonds is 4. The molecule has 0 bridgehead atoms. The highest BCUT2D eigenvalue weighted by molar-refractivity contribution is 5.39. The first-order valence-corrected chi connectivity index (χ1v) is 6.44. The summed E-state index contributed by atoms with van der Waals surface area (Å²) in [7, 11) is 0. The quantitative estimate of drug-likeness (QED) is 0.702. The Morgan fingerprint density at radius 3 is 2.43 bits per heavy atom. The first-order valence-electron chi connectivity index (χ1n) is 6.44. The highest BCUT2D eigenvalue weighted by atomic mass is 19.2. The van der Waals surface area contributed by atoms with Gasteiger partial charge in [-0.25, -0.2) is 8.78 Å². The molecule has 0 spiro atoms. The van der Waals surface area contributed by atoms with Gasteiger partial charge in [0.05, 0.1) is 0 Å². The van der Waals surface area contributed by atoms with Gasteiger partial charge in [-0.2, -0.15) is 0 Å². The lowest BCUT2D eigenvalue weighted by Crippen LogP contribution is -1.96. The monoisotopic (exact) mass is 284 g/mol. The fraction of sp³-hybridized carbons (Fsp3) is 0.0588. The number of hydrogen-bond acceptors (Lipinski definition) is 1. The Labute approximate surface area is 121 Å². The summed E-state index contributed by atoms with van der Waals surface area (Å²) in [6, 6.07) is 17.7. The third-order valence-corrected chi connectivity index (χ3v) is 3.03. The molecule has 2 aromatic carbocycles. The van der Waals surface area contributed by atoms with E-state index in [0.29, 0.717) is 18.0 Å². The second-order valence-corrected chi connectivity index (χ2v) is 4.55. The molecule has 3 rings (SSSR count). The predicted molar refractivity (Wildman–Crippen MR) is 75.3 cm³/mol. The lowest BCUT2D eigenvalue weighted by molar-refractivity contribution is 0.305. The maximum atomic E-state index is 13.1. The summed E-state index contributed by atoms with van der Waals surface area (Å²) < 4.78 is 33.1. The van der Waals surface area contributed by atoms with Crippen molar-refractivity contribution >= 4 is 0 Å². The normalized spacial score (nSPS) is 10.6. The van der Waals surface area contributed by atoms with Gasteiger partial charge in [0.1, 0.15) is 12.4 Å². The molecule has 105 valence electrons. The zero-order chi connectivity index (χ0) is 14.7. The molecule has 4 heteroatoms. The third-order valence-electron chi connectivity index (χ3n) is 3.03. The van der Waals surface area contributed by atoms with Crippen LogP contribution in [0.4, 0.5) is 8.78 Å². The van der Waals surface area contributed by atoms with E-state index < -0.39 is 11.6 Å². The minimum atomic E-state index is -0.880. The number of aromatic nitrogens is 1. The van der Waals surface area contributed by atoms with Crippen molar-refractivity contribution in [3.8, 4) is 11.4 Å². The molecule has 0 aliphatic rings. The standard InChI is InChI=1S/C17H12F2NO/c18-16-10-20(11-17(16)19)14-7-4-8-15(9-14)21-12-13-5-2-1-3-6-13/h1-7,9-11H,12H2. The van der Waals surface area contributed by atoms with Crippen molar-refractivity contribution in [2.45, 2.75) is 6.61 Å². The minimum Gasteiger partial charge on any atom is -0.488 e. The smallest absolute Gasteiger partial charge is 0.176 e. The number of hydrogen-bond donors (Lipinski definition) is 0. The number of nitrogens with zero attached hydrogens (tertiary/aromatic N) is 1. The molecule has 0 unspecified atom stereocenters. The molecule has 2 nitrogen and oxygen atoms in total. The molecule has 0 saturated carbocycles. The second kappa shape index (κ2) is 5.79. The SMILES string of the molecule is Fc1cn(-c2cc[c]c(OCc3ccccc3)c2)cc1F. The first-order chi connectivity index (χ1) is 10.2. The van der Waals surface area contributed by atoms with Crippen molar-refractivity contribution in [1.29, 1.82) is 0 Å². The van der Waals surface area contributed by atoms with Crippen LogP contribution >= 0.6 is 0 Å². The second-order valence-electron chi connectivity index (χ2n) is 4.55. The Morgan fingerprint density at radius 2 is 1.71 bits per heavy atom. The van der Waals surface area contributed by atoms with Gasteiger partial charge >= 0.3 is 0 Å². The Balaban J connectivity index is 1.77. The summed E-state index contributed by atoms with van der Waals surface area (Å²) in [4.78, 5) is 0. The third kappa shape index (κ3) is 3.11. The van der Waals surface area contributed by atoms with E-state index >= 15 is 0 Å². The van der Waals surface area contributed by atoms with E-state index in [1.807, 2.05) is 30.3 Å². The van der Waals surface area contributed by atoms with Crippen LogP contribution < -0.4 is 4.74 Å². The van der Waals surface area contributed by atoms with Gasteiger partial charge in [0.15, 0.2) is 11.6 Å². The Hall–Kier alpha value is -2.62. The summed E-state index contributed by atoms with van der Waals surface area (Å²) in [5, 5.41) is 0. The van der Waals surface area contributed by atoms with Gasteiger partial charge in [-0.05, 0) is 17.7 Å². The van der Waals surface area contributed by atoms with Gasteiger partial charge in [0.25, 0.3) is 0 Å². The zero-order valence-electron chi connectivity index (χ0n) is 11.1. The molecule has 3 aromatic rings. The van der Waals surface area contributed by atoms with Gasteiger partial charge in [-0.3, -0.25) is 0 Å². The first kappa shape index (κ1) is 13.4. The molecule has 1 radical (unpaired) electrons. The topological polar surface area (TPSA) is 14.2 Å². The van der Waals surface area contributed by atoms with Crippen molar-refractivity contribution in [3.63, 3.8) is 0 Å². The Morgan fingerprint density at radius 1 is 1.00 bits per heavy atom. The van der Waals surface area contributed by atoms with Crippen LogP contribution in [0, 0.1) is 17.7 Å². The van der Waals surface area contributed by atoms with Crippen LogP contribution in [0.2, 0.25) is 0 Å². The number of halogens is 2. The Bertz CT molecular complexity index is 718. The predicted octanol–water partition coefficient (Wildman–Crippen LogP) is 4.13. The average molecular weight is 284 g/mol. The van der Waals surface area contributed by atoms with Crippen molar-refractivity contribution in [2.75, 3.05) is 0 Å². The van der Waals surface area contributed by atoms with Crippen LogP contribution in [0.15, 0.2) is 60.9 Å². The van der Waals surface area contributed by atoms with Crippen LogP contribution in [-0.4, -0.2) is 4.57 Å². The fourth-order valence-corrected chi connectivity index (χ4v) is 1.97. The highest BCUT2D eigenvalue weighted by Gasteiger charge is 2.07. The van der Waals surface area contributed by atoms with E-state index in [2.05, 4.69) is 6.07 Å². The molecule has 21 heavy (non-hydrogen) atoms. The number of benzene rings is 2. The summed E-state index contributed by atoms with van der Waals surface area (Å²) in [6.07, 6.45) is 2.18. The van der Waals surface area contributed by atoms with Crippen molar-refractivity contribution < 1.29 is 13.5 Å². The van der Waals surface area contributed by atoms with Crippen LogP contribution in [-0.2, 0) is 6.61 Å². The summed E-state index contributed by atoms with van der Waals surface area (Å²) in [5.74, 6) is -1.24. The van der Waals surface area contributed by atoms with E-state index in [1.54, 1.807) is 18.2 Å². The van der Waals surface area contributed by atoms with E-state index in [1.165, 1.54) is 4.57 Å². The van der Waals surface area contributed by atoms with Gasteiger partial charge in [-0.1, -0.05) is 30.3 Å². The molecule has 0 aliphatic carbocycles. The summed E-state index contributed by atoms with van der Waals surface area (Å²) >= 11 is 0. The fourth-order valence-electron chi connectivity index (χ4n) is 1.97. The number of ether oxygens (including phenoxy) is 1. The molecule has 0 fully saturated rings. The van der Waals surface area contributed by atoms with E-state index in [4.69, 9.17) is 4.74 Å². The maximum absolute atomic E-state index is 13.1. The molecule has 0 atom stereocenters. The maximum Gasteiger partial charge on any atom is 0.176 e. The molecule has 1 aromatic heterocycles. The molecule has 0 amide bonds. The lowest BCUT2D eigenvalue weighted by atomic mass is 10.2. The van der Waals surface area contributed by atoms with Gasteiger partial charge in [0.2, 0.25) is 0 Å². The van der Waals surface area contributed by atoms with Crippen molar-refractivity contribution in [1.82, 2.24) is 4.57 Å². The molecule has 1 heterocycles. The molecular weight excluding hydrogens is 272 g/mol. The largest absolute Gasteiger partial charge is 0.488 e. The van der Waals surface area contributed by atoms with E-state index in [-0.39, 0.29) is 0 Å². The summed E-state index contributed by atoms with van der Waals surface area (Å²) in [6.45, 7) is 0.412. The summed E-state index contributed by atoms with van der Waals surface area (Å²) in [5.41, 5.74) is 1.65. The lowest BCUT2D eigenvalue weighted by Gasteiger charge is -2.08. The van der Waals surface area contributed by atoms with Gasteiger partial charge < -0.3 is 9.30 Å². The molecular formula is C17H12F2NO. The molecule has 0 N–H and O–H groups in total. The highest BCUT2D eigenvalue weighted by Crippen LogP contribution is 2.19. The zero-order valence-corrected chi connectivity index (χ0v) is 11.1. The van der Waals surface area contributed by atoms with E-state index in [0.717, 1.165) is 18.0 Å². The van der Waals surface area contributed by atoms with Crippen LogP contribution in [0.3, 0.4) is 0 Å². The molecule has 0 saturated heterocycles. The van der Waals surface area contributed by atoms with Crippen LogP contribution in [0.5, 0.6) is 5.75 Å². The Kier molecular flexibility index (Phi) is 3.69. The molecule has 0 aliphatic heterocycles. The van der Waals surface area contributed by atoms with Gasteiger partial charge in [0, 0.05) is 30.2 Å². The minimum absolute atomic E-state index is 0.412. The van der Waals surface area contributed by atoms with Crippen molar-refractivity contribution in [2.24, 2.45) is 0 Å². The van der Waals surface area contributed by atoms with Crippen LogP contribution in [0.25, 0.3) is 5.69 Å². The van der Waals surface area contributed by atoms with Crippen LogP contribution in [0.1, 0.15) is 5.56 Å². The van der Waals surface area contributed by atoms with E-state index in [9.17, 15) is 8.78 Å². The van der Waals surface area contributed by atoms with Gasteiger partial charge in [-0.15, -0.1) is 0 Å². The van der Waals surface area contributed by atoms with Crippen molar-refractivity contribution in [3.05, 3.63) is 84.2 Å². The average Bonchev–Trinajstić information content (AvgIpc) is 2.86.